The highest BCUT2D eigenvalue weighted by Gasteiger charge is 2.20. The van der Waals surface area contributed by atoms with Gasteiger partial charge in [-0.25, -0.2) is 8.42 Å². The Morgan fingerprint density at radius 2 is 2.25 bits per heavy atom. The number of carbonyl (C=O) groups is 1. The molecule has 2 unspecified atom stereocenters. The molecule has 0 aromatic carbocycles. The van der Waals surface area contributed by atoms with Crippen molar-refractivity contribution in [2.75, 3.05) is 6.54 Å². The summed E-state index contributed by atoms with van der Waals surface area (Å²) in [5, 5.41) is 4.41. The quantitative estimate of drug-likeness (QED) is 0.859. The van der Waals surface area contributed by atoms with Crippen molar-refractivity contribution in [2.24, 2.45) is 11.8 Å². The van der Waals surface area contributed by atoms with Crippen LogP contribution in [0.5, 0.6) is 0 Å². The molecule has 0 spiro atoms. The van der Waals surface area contributed by atoms with Crippen LogP contribution in [0.25, 0.3) is 0 Å². The van der Waals surface area contributed by atoms with Gasteiger partial charge in [0, 0.05) is 22.6 Å². The van der Waals surface area contributed by atoms with Crippen LogP contribution < -0.4 is 5.32 Å². The normalized spacial score (nSPS) is 23.5. The number of carbonyl (C=O) groups excluding carboxylic acids is 1. The SMILES string of the molecule is CC1CCCC(CNC(=O)c2csc(S(=O)(=O)Cl)c2)C1. The maximum atomic E-state index is 12.0. The molecule has 7 heteroatoms. The number of halogens is 1. The zero-order chi connectivity index (χ0) is 14.8. The van der Waals surface area contributed by atoms with Crippen LogP contribution in [-0.2, 0) is 9.05 Å². The highest BCUT2D eigenvalue weighted by molar-refractivity contribution is 8.15. The van der Waals surface area contributed by atoms with Gasteiger partial charge in [-0.3, -0.25) is 4.79 Å². The maximum absolute atomic E-state index is 12.0. The summed E-state index contributed by atoms with van der Waals surface area (Å²) in [6, 6.07) is 1.33. The van der Waals surface area contributed by atoms with E-state index in [1.54, 1.807) is 0 Å². The van der Waals surface area contributed by atoms with E-state index >= 15 is 0 Å². The van der Waals surface area contributed by atoms with Crippen molar-refractivity contribution in [2.45, 2.75) is 36.8 Å². The van der Waals surface area contributed by atoms with Gasteiger partial charge in [0.25, 0.3) is 15.0 Å². The predicted molar refractivity (Wildman–Crippen MR) is 80.8 cm³/mol. The Morgan fingerprint density at radius 3 is 2.85 bits per heavy atom. The van der Waals surface area contributed by atoms with Crippen LogP contribution in [0.1, 0.15) is 43.0 Å². The van der Waals surface area contributed by atoms with Gasteiger partial charge in [-0.2, -0.15) is 0 Å². The van der Waals surface area contributed by atoms with E-state index in [9.17, 15) is 13.2 Å². The third kappa shape index (κ3) is 4.20. The lowest BCUT2D eigenvalue weighted by Crippen LogP contribution is -2.31. The van der Waals surface area contributed by atoms with E-state index in [1.807, 2.05) is 0 Å². The Labute approximate surface area is 127 Å². The number of thiophene rings is 1. The van der Waals surface area contributed by atoms with E-state index in [0.717, 1.165) is 30.1 Å². The minimum absolute atomic E-state index is 0.00982. The van der Waals surface area contributed by atoms with Crippen molar-refractivity contribution < 1.29 is 13.2 Å². The van der Waals surface area contributed by atoms with Gasteiger partial charge in [-0.1, -0.05) is 19.8 Å². The highest BCUT2D eigenvalue weighted by Crippen LogP contribution is 2.28. The van der Waals surface area contributed by atoms with E-state index in [2.05, 4.69) is 12.2 Å². The van der Waals surface area contributed by atoms with Crippen LogP contribution in [-0.4, -0.2) is 20.9 Å². The molecule has 112 valence electrons. The number of amides is 1. The third-order valence-electron chi connectivity index (χ3n) is 3.67. The summed E-state index contributed by atoms with van der Waals surface area (Å²) in [6.45, 7) is 2.90. The topological polar surface area (TPSA) is 63.2 Å². The van der Waals surface area contributed by atoms with Gasteiger partial charge < -0.3 is 5.32 Å². The van der Waals surface area contributed by atoms with Gasteiger partial charge in [0.05, 0.1) is 5.56 Å². The van der Waals surface area contributed by atoms with Gasteiger partial charge in [-0.15, -0.1) is 11.3 Å². The van der Waals surface area contributed by atoms with Crippen LogP contribution in [0.4, 0.5) is 0 Å². The molecule has 1 aliphatic rings. The molecule has 1 fully saturated rings. The largest absolute Gasteiger partial charge is 0.352 e. The second-order valence-corrected chi connectivity index (χ2v) is 9.14. The molecule has 4 nitrogen and oxygen atoms in total. The molecule has 1 aliphatic carbocycles. The molecule has 1 aromatic heterocycles. The van der Waals surface area contributed by atoms with Crippen LogP contribution >= 0.6 is 22.0 Å². The molecule has 1 saturated carbocycles. The lowest BCUT2D eigenvalue weighted by molar-refractivity contribution is 0.0941. The summed E-state index contributed by atoms with van der Waals surface area (Å²) in [6.07, 6.45) is 4.78. The van der Waals surface area contributed by atoms with Gasteiger partial charge >= 0.3 is 0 Å². The van der Waals surface area contributed by atoms with Crippen LogP contribution in [0.2, 0.25) is 0 Å². The first kappa shape index (κ1) is 15.8. The van der Waals surface area contributed by atoms with Crippen molar-refractivity contribution in [3.05, 3.63) is 17.0 Å². The summed E-state index contributed by atoms with van der Waals surface area (Å²) in [7, 11) is 1.49. The highest BCUT2D eigenvalue weighted by atomic mass is 35.7. The van der Waals surface area contributed by atoms with E-state index in [-0.39, 0.29) is 10.1 Å². The van der Waals surface area contributed by atoms with Crippen molar-refractivity contribution in [1.29, 1.82) is 0 Å². The fraction of sp³-hybridized carbons (Fsp3) is 0.615. The second-order valence-electron chi connectivity index (χ2n) is 5.44. The monoisotopic (exact) mass is 335 g/mol. The molecule has 2 atom stereocenters. The van der Waals surface area contributed by atoms with Crippen LogP contribution in [0.15, 0.2) is 15.7 Å². The fourth-order valence-electron chi connectivity index (χ4n) is 2.65. The summed E-state index contributed by atoms with van der Waals surface area (Å²) in [5.74, 6) is 1.02. The van der Waals surface area contributed by atoms with Gasteiger partial charge in [-0.05, 0) is 30.7 Å². The molecular weight excluding hydrogens is 318 g/mol. The Hall–Kier alpha value is -0.590. The summed E-state index contributed by atoms with van der Waals surface area (Å²) in [5.41, 5.74) is 0.359. The standard InChI is InChI=1S/C13H18ClNO3S2/c1-9-3-2-4-10(5-9)7-15-13(16)11-6-12(19-8-11)20(14,17)18/h6,8-10H,2-5,7H2,1H3,(H,15,16). The average Bonchev–Trinajstić information content (AvgIpc) is 2.85. The molecule has 1 heterocycles. The van der Waals surface area contributed by atoms with E-state index < -0.39 is 9.05 Å². The molecule has 2 rings (SSSR count). The molecule has 0 bridgehead atoms. The molecule has 1 N–H and O–H groups in total. The summed E-state index contributed by atoms with van der Waals surface area (Å²) >= 11 is 0.966. The van der Waals surface area contributed by atoms with Gasteiger partial charge in [0.15, 0.2) is 0 Å². The predicted octanol–water partition coefficient (Wildman–Crippen LogP) is 3.23. The van der Waals surface area contributed by atoms with Gasteiger partial charge in [0.2, 0.25) is 0 Å². The Morgan fingerprint density at radius 1 is 1.50 bits per heavy atom. The van der Waals surface area contributed by atoms with E-state index in [0.29, 0.717) is 18.0 Å². The Kier molecular flexibility index (Phi) is 5.09. The van der Waals surface area contributed by atoms with Crippen LogP contribution in [0, 0.1) is 11.8 Å². The molecule has 20 heavy (non-hydrogen) atoms. The van der Waals surface area contributed by atoms with E-state index in [1.165, 1.54) is 24.3 Å². The molecule has 1 aromatic rings. The molecule has 0 aliphatic heterocycles. The third-order valence-corrected chi connectivity index (χ3v) is 6.71. The zero-order valence-corrected chi connectivity index (χ0v) is 13.7. The van der Waals surface area contributed by atoms with Crippen molar-refractivity contribution in [1.82, 2.24) is 5.32 Å². The molecule has 0 saturated heterocycles. The first-order valence-corrected chi connectivity index (χ1v) is 9.86. The number of rotatable bonds is 4. The first-order valence-electron chi connectivity index (χ1n) is 6.67. The van der Waals surface area contributed by atoms with Crippen LogP contribution in [0.3, 0.4) is 0 Å². The summed E-state index contributed by atoms with van der Waals surface area (Å²) < 4.78 is 22.3. The second kappa shape index (κ2) is 6.45. The fourth-order valence-corrected chi connectivity index (χ4v) is 4.59. The maximum Gasteiger partial charge on any atom is 0.270 e. The van der Waals surface area contributed by atoms with Crippen molar-refractivity contribution in [3.8, 4) is 0 Å². The first-order chi connectivity index (χ1) is 9.36. The smallest absolute Gasteiger partial charge is 0.270 e. The molecule has 1 amide bonds. The Bertz CT molecular complexity index is 582. The van der Waals surface area contributed by atoms with Crippen molar-refractivity contribution in [3.63, 3.8) is 0 Å². The lowest BCUT2D eigenvalue weighted by Gasteiger charge is -2.26. The Balaban J connectivity index is 1.90. The number of hydrogen-bond acceptors (Lipinski definition) is 4. The zero-order valence-electron chi connectivity index (χ0n) is 11.3. The average molecular weight is 336 g/mol. The number of nitrogens with one attached hydrogen (secondary N) is 1. The number of hydrogen-bond donors (Lipinski definition) is 1. The summed E-state index contributed by atoms with van der Waals surface area (Å²) in [4.78, 5) is 12.0. The van der Waals surface area contributed by atoms with E-state index in [4.69, 9.17) is 10.7 Å². The minimum Gasteiger partial charge on any atom is -0.352 e. The lowest BCUT2D eigenvalue weighted by atomic mass is 9.82. The minimum atomic E-state index is -3.75. The van der Waals surface area contributed by atoms with Gasteiger partial charge in [0.1, 0.15) is 4.21 Å². The molecular formula is C13H18ClNO3S2. The van der Waals surface area contributed by atoms with Crippen molar-refractivity contribution >= 4 is 37.0 Å². The molecule has 0 radical (unpaired) electrons.